The zero-order chi connectivity index (χ0) is 15.9. The number of rotatable bonds is 6. The largest absolute Gasteiger partial charge is 0.493 e. The highest BCUT2D eigenvalue weighted by Crippen LogP contribution is 2.36. The lowest BCUT2D eigenvalue weighted by atomic mass is 10.1. The molecular formula is C16H24Cl2N2O3. The molecule has 2 rings (SSSR count). The quantitative estimate of drug-likeness (QED) is 0.816. The van der Waals surface area contributed by atoms with Gasteiger partial charge in [0, 0.05) is 18.2 Å². The zero-order valence-corrected chi connectivity index (χ0v) is 15.1. The number of hydrogen-bond donors (Lipinski definition) is 2. The van der Waals surface area contributed by atoms with Crippen molar-refractivity contribution in [2.24, 2.45) is 0 Å². The van der Waals surface area contributed by atoms with Crippen molar-refractivity contribution in [2.75, 3.05) is 26.8 Å². The van der Waals surface area contributed by atoms with E-state index in [9.17, 15) is 4.79 Å². The van der Waals surface area contributed by atoms with Crippen LogP contribution >= 0.6 is 24.0 Å². The van der Waals surface area contributed by atoms with Crippen LogP contribution in [0, 0.1) is 0 Å². The van der Waals surface area contributed by atoms with E-state index in [1.165, 1.54) is 7.11 Å². The van der Waals surface area contributed by atoms with E-state index in [-0.39, 0.29) is 24.4 Å². The number of piperidine rings is 1. The molecule has 1 aromatic carbocycles. The summed E-state index contributed by atoms with van der Waals surface area (Å²) in [5.74, 6) is 0.825. The van der Waals surface area contributed by atoms with Gasteiger partial charge in [0.1, 0.15) is 0 Å². The highest BCUT2D eigenvalue weighted by Gasteiger charge is 2.19. The molecule has 0 aromatic heterocycles. The van der Waals surface area contributed by atoms with Gasteiger partial charge < -0.3 is 20.1 Å². The van der Waals surface area contributed by atoms with Crippen LogP contribution in [0.25, 0.3) is 0 Å². The molecule has 0 spiro atoms. The van der Waals surface area contributed by atoms with Gasteiger partial charge in [-0.25, -0.2) is 0 Å². The van der Waals surface area contributed by atoms with E-state index in [2.05, 4.69) is 10.6 Å². The van der Waals surface area contributed by atoms with E-state index in [1.54, 1.807) is 12.1 Å². The number of halogens is 2. The third-order valence-corrected chi connectivity index (χ3v) is 3.86. The van der Waals surface area contributed by atoms with Gasteiger partial charge in [0.05, 0.1) is 18.7 Å². The molecule has 0 bridgehead atoms. The topological polar surface area (TPSA) is 59.6 Å². The number of hydrogen-bond acceptors (Lipinski definition) is 4. The highest BCUT2D eigenvalue weighted by atomic mass is 35.5. The monoisotopic (exact) mass is 362 g/mol. The van der Waals surface area contributed by atoms with Crippen LogP contribution in [0.2, 0.25) is 5.02 Å². The van der Waals surface area contributed by atoms with Crippen LogP contribution in [-0.4, -0.2) is 38.8 Å². The Kier molecular flexibility index (Phi) is 8.52. The Hall–Kier alpha value is -1.17. The molecule has 0 radical (unpaired) electrons. The average Bonchev–Trinajstić information content (AvgIpc) is 2.54. The molecule has 1 saturated heterocycles. The lowest BCUT2D eigenvalue weighted by Gasteiger charge is -2.24. The van der Waals surface area contributed by atoms with E-state index < -0.39 is 0 Å². The molecule has 1 aliphatic rings. The van der Waals surface area contributed by atoms with E-state index >= 15 is 0 Å². The summed E-state index contributed by atoms with van der Waals surface area (Å²) in [6.07, 6.45) is 2.93. The van der Waals surface area contributed by atoms with Gasteiger partial charge in [0.2, 0.25) is 0 Å². The first-order valence-corrected chi connectivity index (χ1v) is 8.05. The number of nitrogens with one attached hydrogen (secondary N) is 2. The van der Waals surface area contributed by atoms with Crippen LogP contribution in [0.5, 0.6) is 11.5 Å². The smallest absolute Gasteiger partial charge is 0.251 e. The summed E-state index contributed by atoms with van der Waals surface area (Å²) < 4.78 is 10.9. The van der Waals surface area contributed by atoms with Gasteiger partial charge in [-0.2, -0.15) is 0 Å². The molecule has 1 heterocycles. The Labute approximate surface area is 148 Å². The number of carbonyl (C=O) groups is 1. The van der Waals surface area contributed by atoms with Crippen LogP contribution in [0.15, 0.2) is 12.1 Å². The molecule has 2 N–H and O–H groups in total. The molecule has 1 fully saturated rings. The van der Waals surface area contributed by atoms with Crippen LogP contribution in [0.3, 0.4) is 0 Å². The summed E-state index contributed by atoms with van der Waals surface area (Å²) in [4.78, 5) is 12.4. The molecule has 7 heteroatoms. The fourth-order valence-electron chi connectivity index (χ4n) is 2.44. The lowest BCUT2D eigenvalue weighted by molar-refractivity contribution is 0.0930. The second-order valence-electron chi connectivity index (χ2n) is 5.35. The van der Waals surface area contributed by atoms with E-state index in [1.807, 2.05) is 6.92 Å². The summed E-state index contributed by atoms with van der Waals surface area (Å²) >= 11 is 6.24. The average molecular weight is 363 g/mol. The fraction of sp³-hybridized carbons (Fsp3) is 0.562. The zero-order valence-electron chi connectivity index (χ0n) is 13.5. The summed E-state index contributed by atoms with van der Waals surface area (Å²) in [6, 6.07) is 3.45. The summed E-state index contributed by atoms with van der Waals surface area (Å²) in [6.45, 7) is 4.37. The van der Waals surface area contributed by atoms with Gasteiger partial charge in [-0.1, -0.05) is 18.5 Å². The van der Waals surface area contributed by atoms with Gasteiger partial charge >= 0.3 is 0 Å². The van der Waals surface area contributed by atoms with Gasteiger partial charge in [0.25, 0.3) is 5.91 Å². The Bertz CT molecular complexity index is 520. The first-order chi connectivity index (χ1) is 10.7. The molecule has 23 heavy (non-hydrogen) atoms. The van der Waals surface area contributed by atoms with Gasteiger partial charge in [0.15, 0.2) is 11.5 Å². The Balaban J connectivity index is 0.00000264. The molecule has 1 aliphatic heterocycles. The van der Waals surface area contributed by atoms with Crippen molar-refractivity contribution >= 4 is 29.9 Å². The van der Waals surface area contributed by atoms with Crippen LogP contribution in [0.1, 0.15) is 36.5 Å². The van der Waals surface area contributed by atoms with Gasteiger partial charge in [-0.15, -0.1) is 12.4 Å². The SMILES string of the molecule is CCCOc1c(Cl)cc(C(=O)NC2CCCNC2)cc1OC.Cl. The van der Waals surface area contributed by atoms with E-state index in [0.29, 0.717) is 28.7 Å². The number of carbonyl (C=O) groups excluding carboxylic acids is 1. The van der Waals surface area contributed by atoms with Crippen molar-refractivity contribution in [3.8, 4) is 11.5 Å². The van der Waals surface area contributed by atoms with Crippen molar-refractivity contribution in [3.63, 3.8) is 0 Å². The second-order valence-corrected chi connectivity index (χ2v) is 5.76. The normalized spacial score (nSPS) is 17.1. The molecule has 1 aromatic rings. The molecule has 130 valence electrons. The standard InChI is InChI=1S/C16H23ClN2O3.ClH/c1-3-7-22-15-13(17)8-11(9-14(15)21-2)16(20)19-12-5-4-6-18-10-12;/h8-9,12,18H,3-7,10H2,1-2H3,(H,19,20);1H. The van der Waals surface area contributed by atoms with Crippen molar-refractivity contribution < 1.29 is 14.3 Å². The van der Waals surface area contributed by atoms with Crippen molar-refractivity contribution in [1.29, 1.82) is 0 Å². The van der Waals surface area contributed by atoms with E-state index in [0.717, 1.165) is 32.4 Å². The number of amides is 1. The fourth-order valence-corrected chi connectivity index (χ4v) is 2.70. The van der Waals surface area contributed by atoms with Gasteiger partial charge in [-0.05, 0) is 37.9 Å². The third-order valence-electron chi connectivity index (χ3n) is 3.57. The Morgan fingerprint density at radius 2 is 2.26 bits per heavy atom. The highest BCUT2D eigenvalue weighted by molar-refractivity contribution is 6.32. The van der Waals surface area contributed by atoms with Crippen molar-refractivity contribution in [3.05, 3.63) is 22.7 Å². The van der Waals surface area contributed by atoms with E-state index in [4.69, 9.17) is 21.1 Å². The number of benzene rings is 1. The Morgan fingerprint density at radius 1 is 1.48 bits per heavy atom. The molecular weight excluding hydrogens is 339 g/mol. The predicted molar refractivity (Wildman–Crippen MR) is 94.4 cm³/mol. The summed E-state index contributed by atoms with van der Waals surface area (Å²) in [5.41, 5.74) is 0.483. The van der Waals surface area contributed by atoms with Crippen molar-refractivity contribution in [1.82, 2.24) is 10.6 Å². The minimum Gasteiger partial charge on any atom is -0.493 e. The second kappa shape index (κ2) is 9.85. The first-order valence-electron chi connectivity index (χ1n) is 7.67. The van der Waals surface area contributed by atoms with Crippen LogP contribution < -0.4 is 20.1 Å². The molecule has 1 atom stereocenters. The maximum absolute atomic E-state index is 12.4. The first kappa shape index (κ1) is 19.9. The summed E-state index contributed by atoms with van der Waals surface area (Å²) in [7, 11) is 1.54. The molecule has 0 aliphatic carbocycles. The maximum Gasteiger partial charge on any atom is 0.251 e. The minimum atomic E-state index is -0.143. The number of ether oxygens (including phenoxy) is 2. The molecule has 1 amide bonds. The van der Waals surface area contributed by atoms with Crippen LogP contribution in [-0.2, 0) is 0 Å². The van der Waals surface area contributed by atoms with Crippen molar-refractivity contribution in [2.45, 2.75) is 32.2 Å². The number of methoxy groups -OCH3 is 1. The Morgan fingerprint density at radius 3 is 2.87 bits per heavy atom. The molecule has 5 nitrogen and oxygen atoms in total. The minimum absolute atomic E-state index is 0. The maximum atomic E-state index is 12.4. The van der Waals surface area contributed by atoms with Crippen LogP contribution in [0.4, 0.5) is 0 Å². The van der Waals surface area contributed by atoms with Gasteiger partial charge in [-0.3, -0.25) is 4.79 Å². The molecule has 0 saturated carbocycles. The third kappa shape index (κ3) is 5.44. The summed E-state index contributed by atoms with van der Waals surface area (Å²) in [5, 5.41) is 6.68. The predicted octanol–water partition coefficient (Wildman–Crippen LogP) is 3.04. The lowest BCUT2D eigenvalue weighted by Crippen LogP contribution is -2.45. The molecule has 1 unspecified atom stereocenters.